The first-order chi connectivity index (χ1) is 17.2. The Morgan fingerprint density at radius 3 is 2.39 bits per heavy atom. The summed E-state index contributed by atoms with van der Waals surface area (Å²) in [5.41, 5.74) is 1.69. The minimum absolute atomic E-state index is 0.0417. The third kappa shape index (κ3) is 5.01. The molecule has 4 aromatic rings. The molecular formula is C27H28ClN3O4S. The maximum absolute atomic E-state index is 13.7. The van der Waals surface area contributed by atoms with Crippen molar-refractivity contribution in [1.29, 1.82) is 0 Å². The molecule has 0 radical (unpaired) electrons. The van der Waals surface area contributed by atoms with Gasteiger partial charge in [-0.25, -0.2) is 8.42 Å². The van der Waals surface area contributed by atoms with Crippen LogP contribution >= 0.6 is 11.6 Å². The summed E-state index contributed by atoms with van der Waals surface area (Å²) in [6.45, 7) is 4.16. The Hall–Kier alpha value is -3.23. The van der Waals surface area contributed by atoms with E-state index < -0.39 is 9.84 Å². The molecular weight excluding hydrogens is 498 g/mol. The number of nitrogens with zero attached hydrogens (tertiary/aromatic N) is 3. The fourth-order valence-electron chi connectivity index (χ4n) is 4.38. The number of hydrogen-bond acceptors (Lipinski definition) is 5. The monoisotopic (exact) mass is 525 g/mol. The van der Waals surface area contributed by atoms with E-state index in [4.69, 9.17) is 11.6 Å². The number of ketones is 1. The van der Waals surface area contributed by atoms with Gasteiger partial charge < -0.3 is 0 Å². The number of benzene rings is 2. The molecule has 0 aliphatic carbocycles. The summed E-state index contributed by atoms with van der Waals surface area (Å²) >= 11 is 6.31. The summed E-state index contributed by atoms with van der Waals surface area (Å²) in [4.78, 5) is 27.1. The molecule has 0 spiro atoms. The lowest BCUT2D eigenvalue weighted by atomic mass is 9.94. The first-order valence-corrected chi connectivity index (χ1v) is 14.1. The zero-order chi connectivity index (χ0) is 26.0. The van der Waals surface area contributed by atoms with Crippen LogP contribution in [0.25, 0.3) is 21.9 Å². The summed E-state index contributed by atoms with van der Waals surface area (Å²) in [6.07, 6.45) is 2.96. The second-order valence-electron chi connectivity index (χ2n) is 8.77. The highest BCUT2D eigenvalue weighted by Crippen LogP contribution is 2.33. The molecule has 0 unspecified atom stereocenters. The van der Waals surface area contributed by atoms with Gasteiger partial charge in [-0.2, -0.15) is 5.10 Å². The molecule has 0 amide bonds. The normalized spacial score (nSPS) is 11.8. The smallest absolute Gasteiger partial charge is 0.259 e. The Kier molecular flexibility index (Phi) is 7.47. The molecule has 0 fully saturated rings. The first-order valence-electron chi connectivity index (χ1n) is 11.9. The van der Waals surface area contributed by atoms with Gasteiger partial charge in [0.05, 0.1) is 17.9 Å². The fraction of sp³-hybridized carbons (Fsp3) is 0.296. The Morgan fingerprint density at radius 1 is 1.03 bits per heavy atom. The zero-order valence-corrected chi connectivity index (χ0v) is 22.1. The van der Waals surface area contributed by atoms with E-state index in [0.29, 0.717) is 33.6 Å². The second-order valence-corrected chi connectivity index (χ2v) is 11.2. The van der Waals surface area contributed by atoms with Crippen molar-refractivity contribution in [3.05, 3.63) is 81.4 Å². The van der Waals surface area contributed by atoms with Crippen LogP contribution in [0.3, 0.4) is 0 Å². The maximum Gasteiger partial charge on any atom is 0.259 e. The molecule has 2 aromatic carbocycles. The van der Waals surface area contributed by atoms with Crippen molar-refractivity contribution in [2.24, 2.45) is 0 Å². The fourth-order valence-corrected chi connectivity index (χ4v) is 5.42. The molecule has 0 N–H and O–H groups in total. The third-order valence-corrected chi connectivity index (χ3v) is 7.42. The third-order valence-electron chi connectivity index (χ3n) is 6.10. The largest absolute Gasteiger partial charge is 0.298 e. The van der Waals surface area contributed by atoms with Crippen LogP contribution in [-0.4, -0.2) is 34.8 Å². The van der Waals surface area contributed by atoms with Gasteiger partial charge in [-0.05, 0) is 35.6 Å². The van der Waals surface area contributed by atoms with E-state index >= 15 is 0 Å². The molecule has 9 heteroatoms. The Bertz CT molecular complexity index is 1610. The van der Waals surface area contributed by atoms with Gasteiger partial charge in [0.2, 0.25) is 0 Å². The number of fused-ring (bicyclic) bond motifs is 1. The number of rotatable bonds is 9. The van der Waals surface area contributed by atoms with Gasteiger partial charge >= 0.3 is 0 Å². The average Bonchev–Trinajstić information content (AvgIpc) is 3.27. The van der Waals surface area contributed by atoms with Gasteiger partial charge in [-0.3, -0.25) is 18.8 Å². The van der Waals surface area contributed by atoms with Gasteiger partial charge in [0.25, 0.3) is 5.56 Å². The topological polar surface area (TPSA) is 91.0 Å². The highest BCUT2D eigenvalue weighted by atomic mass is 35.5. The van der Waals surface area contributed by atoms with Gasteiger partial charge in [0.1, 0.15) is 0 Å². The number of halogens is 1. The molecule has 0 bridgehead atoms. The highest BCUT2D eigenvalue weighted by molar-refractivity contribution is 7.90. The van der Waals surface area contributed by atoms with Crippen molar-refractivity contribution in [3.8, 4) is 11.1 Å². The molecule has 2 aromatic heterocycles. The van der Waals surface area contributed by atoms with Crippen LogP contribution < -0.4 is 5.56 Å². The van der Waals surface area contributed by atoms with Crippen molar-refractivity contribution in [3.63, 3.8) is 0 Å². The van der Waals surface area contributed by atoms with E-state index in [-0.39, 0.29) is 35.0 Å². The zero-order valence-electron chi connectivity index (χ0n) is 20.5. The minimum Gasteiger partial charge on any atom is -0.298 e. The van der Waals surface area contributed by atoms with Gasteiger partial charge in [0.15, 0.2) is 20.6 Å². The number of sulfone groups is 1. The van der Waals surface area contributed by atoms with E-state index in [1.165, 1.54) is 15.3 Å². The van der Waals surface area contributed by atoms with Crippen LogP contribution in [-0.2, 0) is 22.9 Å². The SMILES string of the molecule is CCCCn1nc(Cn2c(C(=O)CC)c(-c3ccccc3)c3cc(Cl)ccc3c2=O)cc1S(C)(=O)=O. The van der Waals surface area contributed by atoms with E-state index in [2.05, 4.69) is 5.10 Å². The van der Waals surface area contributed by atoms with Crippen LogP contribution in [0.4, 0.5) is 0 Å². The van der Waals surface area contributed by atoms with Crippen molar-refractivity contribution < 1.29 is 13.2 Å². The summed E-state index contributed by atoms with van der Waals surface area (Å²) < 4.78 is 27.7. The first kappa shape index (κ1) is 25.9. The van der Waals surface area contributed by atoms with Crippen LogP contribution in [0.2, 0.25) is 5.02 Å². The van der Waals surface area contributed by atoms with Crippen LogP contribution in [0.1, 0.15) is 49.3 Å². The summed E-state index contributed by atoms with van der Waals surface area (Å²) in [6, 6.07) is 15.9. The summed E-state index contributed by atoms with van der Waals surface area (Å²) in [5.74, 6) is -0.207. The lowest BCUT2D eigenvalue weighted by Gasteiger charge is -2.19. The number of carbonyl (C=O) groups excluding carboxylic acids is 1. The van der Waals surface area contributed by atoms with Crippen molar-refractivity contribution in [1.82, 2.24) is 14.3 Å². The highest BCUT2D eigenvalue weighted by Gasteiger charge is 2.24. The average molecular weight is 526 g/mol. The number of Topliss-reactive ketones (excluding diaryl/α,β-unsaturated/α-hetero) is 1. The maximum atomic E-state index is 13.7. The van der Waals surface area contributed by atoms with E-state index in [1.807, 2.05) is 37.3 Å². The molecule has 0 saturated heterocycles. The van der Waals surface area contributed by atoms with E-state index in [9.17, 15) is 18.0 Å². The number of pyridine rings is 1. The molecule has 188 valence electrons. The predicted molar refractivity (Wildman–Crippen MR) is 143 cm³/mol. The van der Waals surface area contributed by atoms with E-state index in [0.717, 1.165) is 24.7 Å². The molecule has 0 aliphatic heterocycles. The Labute approximate surface area is 215 Å². The number of aryl methyl sites for hydroxylation is 1. The molecule has 2 heterocycles. The lowest BCUT2D eigenvalue weighted by Crippen LogP contribution is -2.28. The van der Waals surface area contributed by atoms with Crippen LogP contribution in [0, 0.1) is 0 Å². The Morgan fingerprint density at radius 2 is 1.75 bits per heavy atom. The quantitative estimate of drug-likeness (QED) is 0.274. The van der Waals surface area contributed by atoms with Gasteiger partial charge in [-0.1, -0.05) is 62.2 Å². The van der Waals surface area contributed by atoms with Gasteiger partial charge in [-0.15, -0.1) is 0 Å². The van der Waals surface area contributed by atoms with Gasteiger partial charge in [0, 0.05) is 41.3 Å². The molecule has 0 aliphatic rings. The second kappa shape index (κ2) is 10.4. The summed E-state index contributed by atoms with van der Waals surface area (Å²) in [7, 11) is -3.54. The van der Waals surface area contributed by atoms with Crippen LogP contribution in [0.15, 0.2) is 64.4 Å². The predicted octanol–water partition coefficient (Wildman–Crippen LogP) is 5.36. The minimum atomic E-state index is -3.54. The summed E-state index contributed by atoms with van der Waals surface area (Å²) in [5, 5.41) is 6.08. The number of carbonyl (C=O) groups is 1. The van der Waals surface area contributed by atoms with Crippen LogP contribution in [0.5, 0.6) is 0 Å². The molecule has 36 heavy (non-hydrogen) atoms. The van der Waals surface area contributed by atoms with E-state index in [1.54, 1.807) is 25.1 Å². The lowest BCUT2D eigenvalue weighted by molar-refractivity contribution is 0.0979. The van der Waals surface area contributed by atoms with Crippen molar-refractivity contribution in [2.75, 3.05) is 6.26 Å². The number of unbranched alkanes of at least 4 members (excludes halogenated alkanes) is 1. The number of hydrogen-bond donors (Lipinski definition) is 0. The molecule has 0 atom stereocenters. The number of aromatic nitrogens is 3. The molecule has 4 rings (SSSR count). The molecule has 0 saturated carbocycles. The van der Waals surface area contributed by atoms with Crippen molar-refractivity contribution in [2.45, 2.75) is 51.2 Å². The Balaban J connectivity index is 2.03. The van der Waals surface area contributed by atoms with Crippen molar-refractivity contribution >= 4 is 38.0 Å². The standard InChI is InChI=1S/C27H28ClN3O4S/c1-4-6-14-31-24(36(3,34)35)16-20(29-31)17-30-26(23(32)5-2)25(18-10-8-7-9-11-18)22-15-19(28)12-13-21(22)27(30)33/h7-13,15-16H,4-6,14,17H2,1-3H3. The molecule has 7 nitrogen and oxygen atoms in total.